The summed E-state index contributed by atoms with van der Waals surface area (Å²) in [5, 5.41) is 4.56. The molecule has 8 heteroatoms. The van der Waals surface area contributed by atoms with Gasteiger partial charge in [-0.05, 0) is 31.2 Å². The summed E-state index contributed by atoms with van der Waals surface area (Å²) in [7, 11) is -3.74. The highest BCUT2D eigenvalue weighted by atomic mass is 32.2. The van der Waals surface area contributed by atoms with Gasteiger partial charge >= 0.3 is 0 Å². The fourth-order valence-electron chi connectivity index (χ4n) is 2.43. The van der Waals surface area contributed by atoms with E-state index in [4.69, 9.17) is 0 Å². The van der Waals surface area contributed by atoms with E-state index in [1.54, 1.807) is 48.5 Å². The predicted octanol–water partition coefficient (Wildman–Crippen LogP) is 2.81. The minimum atomic E-state index is -3.74. The topological polar surface area (TPSA) is 101 Å². The van der Waals surface area contributed by atoms with Gasteiger partial charge in [0, 0.05) is 12.3 Å². The van der Waals surface area contributed by atoms with E-state index in [0.29, 0.717) is 16.9 Å². The second-order valence-corrected chi connectivity index (χ2v) is 7.64. The summed E-state index contributed by atoms with van der Waals surface area (Å²) in [6.07, 6.45) is 1.39. The third-order valence-electron chi connectivity index (χ3n) is 3.74. The molecule has 0 aliphatic rings. The Balaban J connectivity index is 1.97. The Morgan fingerprint density at radius 2 is 1.81 bits per heavy atom. The fraction of sp³-hybridized carbons (Fsp3) is 0.105. The quantitative estimate of drug-likeness (QED) is 0.523. The second-order valence-electron chi connectivity index (χ2n) is 5.96. The molecule has 0 saturated heterocycles. The van der Waals surface area contributed by atoms with Gasteiger partial charge in [-0.15, -0.1) is 0 Å². The van der Waals surface area contributed by atoms with E-state index in [0.717, 1.165) is 10.9 Å². The number of aromatic nitrogens is 1. The van der Waals surface area contributed by atoms with Crippen LogP contribution in [0, 0.1) is 6.92 Å². The number of anilines is 1. The number of nitrogens with zero attached hydrogens (tertiary/aromatic N) is 2. The third-order valence-corrected chi connectivity index (χ3v) is 5.12. The minimum absolute atomic E-state index is 0.175. The van der Waals surface area contributed by atoms with Gasteiger partial charge in [-0.1, -0.05) is 35.9 Å². The smallest absolute Gasteiger partial charge is 0.261 e. The molecule has 0 atom stereocenters. The molecule has 0 unspecified atom stereocenters. The lowest BCUT2D eigenvalue weighted by Gasteiger charge is -2.11. The molecule has 1 aromatic heterocycles. The first-order valence-corrected chi connectivity index (χ1v) is 9.62. The van der Waals surface area contributed by atoms with E-state index in [2.05, 4.69) is 20.2 Å². The standard InChI is InChI=1S/C19H18N4O3S/c1-13-6-10-17(11-7-13)27(25,26)23-18-5-3-4-15-8-9-16(21-19(15)18)12-20-22-14(2)24/h3-12,23H,1-2H3,(H,22,24)/b20-12+. The number of aryl methyl sites for hydroxylation is 1. The molecular formula is C19H18N4O3S. The maximum atomic E-state index is 12.7. The minimum Gasteiger partial charge on any atom is -0.277 e. The molecule has 0 bridgehead atoms. The van der Waals surface area contributed by atoms with Gasteiger partial charge in [-0.2, -0.15) is 5.10 Å². The van der Waals surface area contributed by atoms with Crippen LogP contribution in [0.25, 0.3) is 10.9 Å². The summed E-state index contributed by atoms with van der Waals surface area (Å²) in [6.45, 7) is 3.24. The van der Waals surface area contributed by atoms with Gasteiger partial charge in [0.1, 0.15) is 0 Å². The van der Waals surface area contributed by atoms with Crippen LogP contribution in [0.4, 0.5) is 5.69 Å². The Labute approximate surface area is 157 Å². The zero-order chi connectivity index (χ0) is 19.4. The van der Waals surface area contributed by atoms with Crippen molar-refractivity contribution in [1.82, 2.24) is 10.4 Å². The Hall–Kier alpha value is -3.26. The van der Waals surface area contributed by atoms with Crippen molar-refractivity contribution in [2.45, 2.75) is 18.7 Å². The van der Waals surface area contributed by atoms with Crippen LogP contribution in [0.15, 0.2) is 64.6 Å². The monoisotopic (exact) mass is 382 g/mol. The normalized spacial score (nSPS) is 11.6. The van der Waals surface area contributed by atoms with Gasteiger partial charge in [0.25, 0.3) is 10.0 Å². The van der Waals surface area contributed by atoms with Crippen LogP contribution in [0.5, 0.6) is 0 Å². The molecule has 0 spiro atoms. The number of para-hydroxylation sites is 1. The molecule has 2 aromatic carbocycles. The van der Waals surface area contributed by atoms with Crippen molar-refractivity contribution in [2.75, 3.05) is 4.72 Å². The number of rotatable bonds is 5. The van der Waals surface area contributed by atoms with Gasteiger partial charge in [0.15, 0.2) is 0 Å². The van der Waals surface area contributed by atoms with Gasteiger partial charge in [-0.25, -0.2) is 18.8 Å². The maximum absolute atomic E-state index is 12.7. The van der Waals surface area contributed by atoms with Crippen LogP contribution in [0.1, 0.15) is 18.2 Å². The van der Waals surface area contributed by atoms with Crippen molar-refractivity contribution in [3.05, 3.63) is 65.9 Å². The van der Waals surface area contributed by atoms with Crippen molar-refractivity contribution in [2.24, 2.45) is 5.10 Å². The summed E-state index contributed by atoms with van der Waals surface area (Å²) < 4.78 is 27.9. The average molecular weight is 382 g/mol. The molecule has 0 fully saturated rings. The fourth-order valence-corrected chi connectivity index (χ4v) is 3.49. The largest absolute Gasteiger partial charge is 0.277 e. The summed E-state index contributed by atoms with van der Waals surface area (Å²) in [4.78, 5) is 15.5. The third kappa shape index (κ3) is 4.48. The summed E-state index contributed by atoms with van der Waals surface area (Å²) in [5.41, 5.74) is 4.61. The average Bonchev–Trinajstić information content (AvgIpc) is 2.62. The van der Waals surface area contributed by atoms with Crippen molar-refractivity contribution in [1.29, 1.82) is 0 Å². The number of sulfonamides is 1. The number of nitrogens with one attached hydrogen (secondary N) is 2. The molecule has 0 aliphatic carbocycles. The van der Waals surface area contributed by atoms with E-state index in [9.17, 15) is 13.2 Å². The van der Waals surface area contributed by atoms with E-state index >= 15 is 0 Å². The first-order chi connectivity index (χ1) is 12.8. The first-order valence-electron chi connectivity index (χ1n) is 8.14. The van der Waals surface area contributed by atoms with Gasteiger partial charge in [0.2, 0.25) is 5.91 Å². The Bertz CT molecular complexity index is 1120. The predicted molar refractivity (Wildman–Crippen MR) is 105 cm³/mol. The Morgan fingerprint density at radius 1 is 1.07 bits per heavy atom. The number of carbonyl (C=O) groups is 1. The van der Waals surface area contributed by atoms with Crippen molar-refractivity contribution in [3.8, 4) is 0 Å². The summed E-state index contributed by atoms with van der Waals surface area (Å²) >= 11 is 0. The summed E-state index contributed by atoms with van der Waals surface area (Å²) in [5.74, 6) is -0.293. The molecule has 138 valence electrons. The molecular weight excluding hydrogens is 364 g/mol. The highest BCUT2D eigenvalue weighted by molar-refractivity contribution is 7.92. The molecule has 0 aliphatic heterocycles. The molecule has 3 aromatic rings. The molecule has 2 N–H and O–H groups in total. The summed E-state index contributed by atoms with van der Waals surface area (Å²) in [6, 6.07) is 15.4. The maximum Gasteiger partial charge on any atom is 0.261 e. The van der Waals surface area contributed by atoms with Gasteiger partial charge < -0.3 is 0 Å². The second kappa shape index (κ2) is 7.55. The van der Waals surface area contributed by atoms with Crippen molar-refractivity contribution < 1.29 is 13.2 Å². The van der Waals surface area contributed by atoms with Gasteiger partial charge in [0.05, 0.1) is 28.0 Å². The van der Waals surface area contributed by atoms with E-state index in [-0.39, 0.29) is 10.8 Å². The molecule has 7 nitrogen and oxygen atoms in total. The SMILES string of the molecule is CC(=O)N/N=C/c1ccc2cccc(NS(=O)(=O)c3ccc(C)cc3)c2n1. The number of hydrazone groups is 1. The molecule has 27 heavy (non-hydrogen) atoms. The van der Waals surface area contributed by atoms with Crippen molar-refractivity contribution in [3.63, 3.8) is 0 Å². The zero-order valence-electron chi connectivity index (χ0n) is 14.8. The van der Waals surface area contributed by atoms with E-state index < -0.39 is 10.0 Å². The highest BCUT2D eigenvalue weighted by Crippen LogP contribution is 2.24. The number of hydrogen-bond donors (Lipinski definition) is 2. The number of fused-ring (bicyclic) bond motifs is 1. The van der Waals surface area contributed by atoms with Gasteiger partial charge in [-0.3, -0.25) is 9.52 Å². The van der Waals surface area contributed by atoms with Crippen LogP contribution in [-0.4, -0.2) is 25.5 Å². The molecule has 3 rings (SSSR count). The molecule has 0 radical (unpaired) electrons. The zero-order valence-corrected chi connectivity index (χ0v) is 15.6. The van der Waals surface area contributed by atoms with Crippen LogP contribution >= 0.6 is 0 Å². The van der Waals surface area contributed by atoms with Crippen LogP contribution in [0.3, 0.4) is 0 Å². The lowest BCUT2D eigenvalue weighted by Crippen LogP contribution is -2.14. The van der Waals surface area contributed by atoms with E-state index in [1.165, 1.54) is 13.1 Å². The first kappa shape index (κ1) is 18.5. The van der Waals surface area contributed by atoms with Crippen molar-refractivity contribution >= 4 is 38.7 Å². The number of benzene rings is 2. The number of pyridine rings is 1. The Kier molecular flexibility index (Phi) is 5.18. The lowest BCUT2D eigenvalue weighted by molar-refractivity contribution is -0.118. The van der Waals surface area contributed by atoms with Crippen LogP contribution in [-0.2, 0) is 14.8 Å². The lowest BCUT2D eigenvalue weighted by atomic mass is 10.2. The van der Waals surface area contributed by atoms with Crippen LogP contribution in [0.2, 0.25) is 0 Å². The number of amides is 1. The molecule has 1 amide bonds. The number of hydrogen-bond acceptors (Lipinski definition) is 5. The Morgan fingerprint density at radius 3 is 2.52 bits per heavy atom. The highest BCUT2D eigenvalue weighted by Gasteiger charge is 2.16. The number of carbonyl (C=O) groups excluding carboxylic acids is 1. The van der Waals surface area contributed by atoms with E-state index in [1.807, 2.05) is 13.0 Å². The molecule has 0 saturated carbocycles. The van der Waals surface area contributed by atoms with Crippen LogP contribution < -0.4 is 10.1 Å². The molecule has 1 heterocycles.